The minimum atomic E-state index is -1.19. The first-order chi connectivity index (χ1) is 10.3. The standard InChI is InChI=1S/C16H23BF2O4/c1-14(2,20)9-21-13-11(18)7-10(8-12(13)19)17-22-15(3,4)16(5,6)23-17/h7-8,20H,9H2,1-6H3. The third kappa shape index (κ3) is 3.84. The van der Waals surface area contributed by atoms with E-state index in [2.05, 4.69) is 0 Å². The number of aliphatic hydroxyl groups is 1. The maximum absolute atomic E-state index is 14.2. The third-order valence-corrected chi connectivity index (χ3v) is 4.12. The van der Waals surface area contributed by atoms with Gasteiger partial charge in [0.15, 0.2) is 17.4 Å². The van der Waals surface area contributed by atoms with Crippen molar-refractivity contribution in [2.45, 2.75) is 58.3 Å². The lowest BCUT2D eigenvalue weighted by molar-refractivity contribution is 0.00578. The first-order valence-corrected chi connectivity index (χ1v) is 7.52. The van der Waals surface area contributed by atoms with Crippen LogP contribution in [-0.2, 0) is 9.31 Å². The van der Waals surface area contributed by atoms with Gasteiger partial charge in [-0.05, 0) is 59.1 Å². The van der Waals surface area contributed by atoms with Crippen molar-refractivity contribution in [3.63, 3.8) is 0 Å². The molecule has 0 amide bonds. The summed E-state index contributed by atoms with van der Waals surface area (Å²) in [7, 11) is -0.854. The molecule has 1 aliphatic rings. The molecule has 1 aliphatic heterocycles. The second kappa shape index (κ2) is 5.72. The summed E-state index contributed by atoms with van der Waals surface area (Å²) in [5.74, 6) is -2.25. The Morgan fingerprint density at radius 2 is 1.52 bits per heavy atom. The Morgan fingerprint density at radius 1 is 1.09 bits per heavy atom. The molecule has 4 nitrogen and oxygen atoms in total. The molecule has 2 rings (SSSR count). The smallest absolute Gasteiger partial charge is 0.485 e. The molecule has 0 aliphatic carbocycles. The van der Waals surface area contributed by atoms with Gasteiger partial charge in [0, 0.05) is 0 Å². The van der Waals surface area contributed by atoms with Gasteiger partial charge in [-0.25, -0.2) is 8.78 Å². The van der Waals surface area contributed by atoms with E-state index >= 15 is 0 Å². The fourth-order valence-corrected chi connectivity index (χ4v) is 2.08. The van der Waals surface area contributed by atoms with Gasteiger partial charge in [0.1, 0.15) is 6.61 Å². The Morgan fingerprint density at radius 3 is 1.91 bits per heavy atom. The summed E-state index contributed by atoms with van der Waals surface area (Å²) in [4.78, 5) is 0. The predicted octanol–water partition coefficient (Wildman–Crippen LogP) is 2.41. The van der Waals surface area contributed by atoms with Crippen LogP contribution in [0.5, 0.6) is 5.75 Å². The van der Waals surface area contributed by atoms with Gasteiger partial charge in [0.05, 0.1) is 16.8 Å². The molecule has 128 valence electrons. The van der Waals surface area contributed by atoms with Crippen LogP contribution in [0.2, 0.25) is 0 Å². The molecule has 1 N–H and O–H groups in total. The Bertz CT molecular complexity index is 557. The van der Waals surface area contributed by atoms with Gasteiger partial charge in [0.2, 0.25) is 0 Å². The van der Waals surface area contributed by atoms with Crippen molar-refractivity contribution < 1.29 is 27.9 Å². The zero-order chi connectivity index (χ0) is 17.6. The monoisotopic (exact) mass is 328 g/mol. The van der Waals surface area contributed by atoms with E-state index in [1.54, 1.807) is 0 Å². The Hall–Kier alpha value is -1.18. The first-order valence-electron chi connectivity index (χ1n) is 7.52. The van der Waals surface area contributed by atoms with Crippen LogP contribution >= 0.6 is 0 Å². The number of hydrogen-bond acceptors (Lipinski definition) is 4. The van der Waals surface area contributed by atoms with Crippen LogP contribution in [0.4, 0.5) is 8.78 Å². The summed E-state index contributed by atoms with van der Waals surface area (Å²) in [6, 6.07) is 2.26. The van der Waals surface area contributed by atoms with Crippen molar-refractivity contribution >= 4 is 12.6 Å². The van der Waals surface area contributed by atoms with E-state index in [-0.39, 0.29) is 12.1 Å². The first kappa shape index (κ1) is 18.2. The molecular formula is C16H23BF2O4. The molecule has 1 aromatic carbocycles. The molecule has 23 heavy (non-hydrogen) atoms. The van der Waals surface area contributed by atoms with Crippen molar-refractivity contribution in [1.29, 1.82) is 0 Å². The second-order valence-corrected chi connectivity index (χ2v) is 7.50. The lowest BCUT2D eigenvalue weighted by atomic mass is 9.79. The highest BCUT2D eigenvalue weighted by Gasteiger charge is 2.52. The van der Waals surface area contributed by atoms with Crippen molar-refractivity contribution in [3.05, 3.63) is 23.8 Å². The minimum absolute atomic E-state index is 0.226. The van der Waals surface area contributed by atoms with E-state index in [4.69, 9.17) is 14.0 Å². The lowest BCUT2D eigenvalue weighted by Gasteiger charge is -2.32. The number of hydrogen-bond donors (Lipinski definition) is 1. The van der Waals surface area contributed by atoms with Gasteiger partial charge in [-0.2, -0.15) is 0 Å². The highest BCUT2D eigenvalue weighted by atomic mass is 19.1. The van der Waals surface area contributed by atoms with Crippen molar-refractivity contribution in [3.8, 4) is 5.75 Å². The summed E-state index contributed by atoms with van der Waals surface area (Å²) in [6.45, 7) is 10.2. The summed E-state index contributed by atoms with van der Waals surface area (Å²) in [6.07, 6.45) is 0. The SMILES string of the molecule is CC(C)(O)COc1c(F)cc(B2OC(C)(C)C(C)(C)O2)cc1F. The van der Waals surface area contributed by atoms with Gasteiger partial charge in [0.25, 0.3) is 0 Å². The van der Waals surface area contributed by atoms with Crippen LogP contribution in [-0.4, -0.2) is 35.6 Å². The lowest BCUT2D eigenvalue weighted by Crippen LogP contribution is -2.41. The Balaban J connectivity index is 2.24. The highest BCUT2D eigenvalue weighted by Crippen LogP contribution is 2.36. The normalized spacial score (nSPS) is 20.0. The molecule has 0 radical (unpaired) electrons. The summed E-state index contributed by atoms with van der Waals surface area (Å²) >= 11 is 0. The Labute approximate surface area is 135 Å². The van der Waals surface area contributed by atoms with Crippen LogP contribution in [0.15, 0.2) is 12.1 Å². The maximum atomic E-state index is 14.2. The number of halogens is 2. The highest BCUT2D eigenvalue weighted by molar-refractivity contribution is 6.62. The molecular weight excluding hydrogens is 305 g/mol. The molecule has 0 atom stereocenters. The van der Waals surface area contributed by atoms with Crippen LogP contribution in [0.1, 0.15) is 41.5 Å². The molecule has 1 fully saturated rings. The number of ether oxygens (including phenoxy) is 1. The van der Waals surface area contributed by atoms with E-state index in [1.807, 2.05) is 27.7 Å². The molecule has 0 bridgehead atoms. The molecule has 0 unspecified atom stereocenters. The quantitative estimate of drug-likeness (QED) is 0.863. The maximum Gasteiger partial charge on any atom is 0.495 e. The van der Waals surface area contributed by atoms with Gasteiger partial charge in [-0.1, -0.05) is 0 Å². The molecule has 1 aromatic rings. The Kier molecular flexibility index (Phi) is 4.52. The van der Waals surface area contributed by atoms with Gasteiger partial charge >= 0.3 is 7.12 Å². The van der Waals surface area contributed by atoms with Gasteiger partial charge in [-0.15, -0.1) is 0 Å². The predicted molar refractivity (Wildman–Crippen MR) is 83.9 cm³/mol. The zero-order valence-electron chi connectivity index (χ0n) is 14.4. The van der Waals surface area contributed by atoms with Gasteiger partial charge < -0.3 is 19.2 Å². The average Bonchev–Trinajstić information content (AvgIpc) is 2.55. The van der Waals surface area contributed by atoms with E-state index in [0.717, 1.165) is 12.1 Å². The van der Waals surface area contributed by atoms with E-state index in [9.17, 15) is 13.9 Å². The third-order valence-electron chi connectivity index (χ3n) is 4.12. The summed E-state index contributed by atoms with van der Waals surface area (Å²) < 4.78 is 44.9. The minimum Gasteiger partial charge on any atom is -0.485 e. The van der Waals surface area contributed by atoms with Crippen molar-refractivity contribution in [1.82, 2.24) is 0 Å². The van der Waals surface area contributed by atoms with Crippen LogP contribution in [0.25, 0.3) is 0 Å². The molecule has 0 spiro atoms. The summed E-state index contributed by atoms with van der Waals surface area (Å²) in [5.41, 5.74) is -2.14. The average molecular weight is 328 g/mol. The fraction of sp³-hybridized carbons (Fsp3) is 0.625. The summed E-state index contributed by atoms with van der Waals surface area (Å²) in [5, 5.41) is 9.59. The van der Waals surface area contributed by atoms with E-state index in [1.165, 1.54) is 13.8 Å². The molecule has 1 saturated heterocycles. The molecule has 0 saturated carbocycles. The molecule has 1 heterocycles. The zero-order valence-corrected chi connectivity index (χ0v) is 14.4. The largest absolute Gasteiger partial charge is 0.495 e. The topological polar surface area (TPSA) is 47.9 Å². The van der Waals surface area contributed by atoms with E-state index in [0.29, 0.717) is 0 Å². The second-order valence-electron chi connectivity index (χ2n) is 7.50. The van der Waals surface area contributed by atoms with Crippen LogP contribution in [0.3, 0.4) is 0 Å². The van der Waals surface area contributed by atoms with Crippen LogP contribution in [0, 0.1) is 11.6 Å². The number of benzene rings is 1. The van der Waals surface area contributed by atoms with Crippen molar-refractivity contribution in [2.24, 2.45) is 0 Å². The number of rotatable bonds is 4. The van der Waals surface area contributed by atoms with Crippen LogP contribution < -0.4 is 10.2 Å². The molecule has 7 heteroatoms. The van der Waals surface area contributed by atoms with Gasteiger partial charge in [-0.3, -0.25) is 0 Å². The fourth-order valence-electron chi connectivity index (χ4n) is 2.08. The van der Waals surface area contributed by atoms with E-state index < -0.39 is 41.3 Å². The van der Waals surface area contributed by atoms with Crippen molar-refractivity contribution in [2.75, 3.05) is 6.61 Å². The molecule has 0 aromatic heterocycles.